The van der Waals surface area contributed by atoms with Crippen molar-refractivity contribution in [2.75, 3.05) is 13.1 Å². The highest BCUT2D eigenvalue weighted by molar-refractivity contribution is 5.86. The molecule has 3 aromatic heterocycles. The fraction of sp³-hybridized carbons (Fsp3) is 0.360. The topological polar surface area (TPSA) is 89.1 Å². The lowest BCUT2D eigenvalue weighted by molar-refractivity contribution is 0.130. The van der Waals surface area contributed by atoms with Crippen LogP contribution in [0, 0.1) is 12.7 Å². The summed E-state index contributed by atoms with van der Waals surface area (Å²) in [4.78, 5) is 17.5. The van der Waals surface area contributed by atoms with Gasteiger partial charge in [0.25, 0.3) is 0 Å². The zero-order chi connectivity index (χ0) is 23.4. The first-order valence-corrected chi connectivity index (χ1v) is 11.7. The maximum atomic E-state index is 14.5. The van der Waals surface area contributed by atoms with Crippen molar-refractivity contribution < 1.29 is 14.3 Å². The molecule has 1 unspecified atom stereocenters. The summed E-state index contributed by atoms with van der Waals surface area (Å²) in [6, 6.07) is 6.75. The van der Waals surface area contributed by atoms with Gasteiger partial charge in [0.1, 0.15) is 17.5 Å². The van der Waals surface area contributed by atoms with Crippen LogP contribution < -0.4 is 0 Å². The molecule has 0 spiro atoms. The van der Waals surface area contributed by atoms with E-state index in [-0.39, 0.29) is 11.7 Å². The smallest absolute Gasteiger partial charge is 0.407 e. The van der Waals surface area contributed by atoms with Gasteiger partial charge in [-0.25, -0.2) is 9.18 Å². The van der Waals surface area contributed by atoms with E-state index in [1.165, 1.54) is 17.0 Å². The molecule has 1 saturated carbocycles. The molecule has 2 fully saturated rings. The first kappa shape index (κ1) is 20.8. The molecule has 6 rings (SSSR count). The molecule has 1 aromatic carbocycles. The first-order valence-electron chi connectivity index (χ1n) is 11.7. The van der Waals surface area contributed by atoms with Crippen LogP contribution in [-0.2, 0) is 0 Å². The van der Waals surface area contributed by atoms with Crippen LogP contribution in [0.3, 0.4) is 0 Å². The first-order chi connectivity index (χ1) is 16.5. The highest BCUT2D eigenvalue weighted by Gasteiger charge is 2.32. The number of likely N-dealkylation sites (tertiary alicyclic amines) is 1. The lowest BCUT2D eigenvalue weighted by Gasteiger charge is -2.30. The summed E-state index contributed by atoms with van der Waals surface area (Å²) in [6.45, 7) is 2.91. The van der Waals surface area contributed by atoms with E-state index in [1.807, 2.05) is 28.3 Å². The maximum absolute atomic E-state index is 14.5. The molecule has 4 heterocycles. The standard InChI is InChI=1S/C25H25FN6O2/c1-15-28-29-24(16-4-5-16)32(15)22-11-18(26)6-7-21(22)31-14-20(19-8-9-27-12-23(19)31)17-3-2-10-30(13-17)25(33)34/h6-9,11-12,14,16-17H,2-5,10,13H2,1H3,(H,33,34). The Labute approximate surface area is 195 Å². The second kappa shape index (κ2) is 7.93. The third-order valence-corrected chi connectivity index (χ3v) is 7.00. The Balaban J connectivity index is 1.53. The van der Waals surface area contributed by atoms with Gasteiger partial charge in [0.2, 0.25) is 0 Å². The molecular formula is C25H25FN6O2. The molecule has 4 aromatic rings. The van der Waals surface area contributed by atoms with Gasteiger partial charge < -0.3 is 14.6 Å². The van der Waals surface area contributed by atoms with Crippen LogP contribution in [0.2, 0.25) is 0 Å². The van der Waals surface area contributed by atoms with Crippen LogP contribution in [0.25, 0.3) is 22.3 Å². The van der Waals surface area contributed by atoms with Gasteiger partial charge in [0.05, 0.1) is 23.1 Å². The fourth-order valence-electron chi connectivity index (χ4n) is 5.19. The molecule has 1 aliphatic carbocycles. The monoisotopic (exact) mass is 460 g/mol. The maximum Gasteiger partial charge on any atom is 0.407 e. The van der Waals surface area contributed by atoms with Crippen molar-refractivity contribution in [3.05, 3.63) is 65.9 Å². The van der Waals surface area contributed by atoms with Gasteiger partial charge >= 0.3 is 6.09 Å². The van der Waals surface area contributed by atoms with Crippen LogP contribution in [0.5, 0.6) is 0 Å². The molecule has 9 heteroatoms. The number of hydrogen-bond donors (Lipinski definition) is 1. The second-order valence-electron chi connectivity index (χ2n) is 9.26. The number of aryl methyl sites for hydroxylation is 1. The molecule has 0 bridgehead atoms. The van der Waals surface area contributed by atoms with E-state index in [0.717, 1.165) is 53.7 Å². The number of pyridine rings is 1. The number of carbonyl (C=O) groups is 1. The minimum Gasteiger partial charge on any atom is -0.465 e. The molecule has 174 valence electrons. The van der Waals surface area contributed by atoms with E-state index in [9.17, 15) is 14.3 Å². The number of rotatable bonds is 4. The minimum absolute atomic E-state index is 0.0820. The Kier molecular flexibility index (Phi) is 4.86. The highest BCUT2D eigenvalue weighted by atomic mass is 19.1. The van der Waals surface area contributed by atoms with Crippen molar-refractivity contribution >= 4 is 17.0 Å². The van der Waals surface area contributed by atoms with Crippen LogP contribution >= 0.6 is 0 Å². The zero-order valence-electron chi connectivity index (χ0n) is 18.9. The summed E-state index contributed by atoms with van der Waals surface area (Å²) in [5.41, 5.74) is 3.48. The summed E-state index contributed by atoms with van der Waals surface area (Å²) in [6.07, 6.45) is 8.61. The molecule has 1 aliphatic heterocycles. The molecule has 0 radical (unpaired) electrons. The summed E-state index contributed by atoms with van der Waals surface area (Å²) in [5, 5.41) is 19.2. The Bertz CT molecular complexity index is 1410. The van der Waals surface area contributed by atoms with E-state index in [1.54, 1.807) is 12.3 Å². The van der Waals surface area contributed by atoms with Gasteiger partial charge in [-0.2, -0.15) is 0 Å². The number of piperidine rings is 1. The van der Waals surface area contributed by atoms with Gasteiger partial charge in [0, 0.05) is 48.8 Å². The van der Waals surface area contributed by atoms with Crippen LogP contribution in [-0.4, -0.2) is 53.5 Å². The summed E-state index contributed by atoms with van der Waals surface area (Å²) in [7, 11) is 0. The lowest BCUT2D eigenvalue weighted by atomic mass is 9.91. The highest BCUT2D eigenvalue weighted by Crippen LogP contribution is 2.41. The summed E-state index contributed by atoms with van der Waals surface area (Å²) in [5.74, 6) is 1.68. The van der Waals surface area contributed by atoms with Crippen LogP contribution in [0.15, 0.2) is 42.9 Å². The fourth-order valence-corrected chi connectivity index (χ4v) is 5.19. The Morgan fingerprint density at radius 1 is 1.12 bits per heavy atom. The second-order valence-corrected chi connectivity index (χ2v) is 9.26. The predicted octanol–water partition coefficient (Wildman–Crippen LogP) is 4.79. The number of amides is 1. The molecule has 8 nitrogen and oxygen atoms in total. The number of benzene rings is 1. The number of carboxylic acid groups (broad SMARTS) is 1. The molecule has 1 amide bonds. The molecule has 34 heavy (non-hydrogen) atoms. The lowest BCUT2D eigenvalue weighted by Crippen LogP contribution is -2.38. The molecule has 2 aliphatic rings. The van der Waals surface area contributed by atoms with Gasteiger partial charge in [-0.05, 0) is 56.4 Å². The largest absolute Gasteiger partial charge is 0.465 e. The minimum atomic E-state index is -0.883. The predicted molar refractivity (Wildman–Crippen MR) is 124 cm³/mol. The Morgan fingerprint density at radius 3 is 2.76 bits per heavy atom. The van der Waals surface area contributed by atoms with Gasteiger partial charge in [-0.15, -0.1) is 10.2 Å². The van der Waals surface area contributed by atoms with E-state index in [0.29, 0.717) is 30.5 Å². The number of aromatic nitrogens is 5. The Hall–Kier alpha value is -3.75. The van der Waals surface area contributed by atoms with Gasteiger partial charge in [-0.1, -0.05) is 0 Å². The third kappa shape index (κ3) is 3.43. The number of halogens is 1. The van der Waals surface area contributed by atoms with Crippen molar-refractivity contribution in [1.82, 2.24) is 29.2 Å². The average molecular weight is 461 g/mol. The van der Waals surface area contributed by atoms with Gasteiger partial charge in [0.15, 0.2) is 0 Å². The number of nitrogens with zero attached hydrogens (tertiary/aromatic N) is 6. The quantitative estimate of drug-likeness (QED) is 0.473. The van der Waals surface area contributed by atoms with Crippen molar-refractivity contribution in [2.45, 2.75) is 44.4 Å². The SMILES string of the molecule is Cc1nnc(C2CC2)n1-c1cc(F)ccc1-n1cc(C2CCCN(C(=O)O)C2)c2ccncc21. The van der Waals surface area contributed by atoms with Crippen molar-refractivity contribution in [2.24, 2.45) is 0 Å². The Morgan fingerprint density at radius 2 is 1.97 bits per heavy atom. The van der Waals surface area contributed by atoms with Crippen LogP contribution in [0.1, 0.15) is 54.7 Å². The van der Waals surface area contributed by atoms with E-state index < -0.39 is 6.09 Å². The molecule has 1 N–H and O–H groups in total. The van der Waals surface area contributed by atoms with Crippen molar-refractivity contribution in [3.8, 4) is 11.4 Å². The summed E-state index contributed by atoms with van der Waals surface area (Å²) >= 11 is 0. The van der Waals surface area contributed by atoms with Gasteiger partial charge in [-0.3, -0.25) is 9.55 Å². The molecule has 1 saturated heterocycles. The van der Waals surface area contributed by atoms with Crippen molar-refractivity contribution in [3.63, 3.8) is 0 Å². The zero-order valence-corrected chi connectivity index (χ0v) is 18.9. The average Bonchev–Trinajstić information content (AvgIpc) is 3.51. The molecule has 1 atom stereocenters. The van der Waals surface area contributed by atoms with E-state index >= 15 is 0 Å². The number of fused-ring (bicyclic) bond motifs is 1. The van der Waals surface area contributed by atoms with Crippen LogP contribution in [0.4, 0.5) is 9.18 Å². The number of hydrogen-bond acceptors (Lipinski definition) is 4. The van der Waals surface area contributed by atoms with Crippen molar-refractivity contribution in [1.29, 1.82) is 0 Å². The third-order valence-electron chi connectivity index (χ3n) is 7.00. The van der Waals surface area contributed by atoms with E-state index in [2.05, 4.69) is 21.4 Å². The normalized spacial score (nSPS) is 18.5. The molecular weight excluding hydrogens is 435 g/mol. The summed E-state index contributed by atoms with van der Waals surface area (Å²) < 4.78 is 18.5. The van der Waals surface area contributed by atoms with E-state index in [4.69, 9.17) is 0 Å².